The smallest absolute Gasteiger partial charge is 0.131 e. The van der Waals surface area contributed by atoms with Crippen LogP contribution in [-0.4, -0.2) is 12.3 Å². The molecule has 0 rings (SSSR count). The Bertz CT molecular complexity index is 78.6. The molecule has 0 N–H and O–H groups in total. The zero-order valence-corrected chi connectivity index (χ0v) is 5.77. The van der Waals surface area contributed by atoms with Gasteiger partial charge in [0.05, 0.1) is 0 Å². The Balaban J connectivity index is 3.53. The molecule has 0 unspecified atom stereocenters. The fourth-order valence-corrected chi connectivity index (χ4v) is 0.239. The van der Waals surface area contributed by atoms with Crippen LogP contribution in [0.15, 0.2) is 5.16 Å². The fraction of sp³-hybridized carbons (Fsp3) is 0.833. The van der Waals surface area contributed by atoms with Crippen LogP contribution in [0.4, 0.5) is 0 Å². The second kappa shape index (κ2) is 2.70. The van der Waals surface area contributed by atoms with Crippen molar-refractivity contribution in [1.29, 1.82) is 0 Å². The maximum atomic E-state index is 4.89. The van der Waals surface area contributed by atoms with Crippen LogP contribution in [0.3, 0.4) is 0 Å². The van der Waals surface area contributed by atoms with E-state index in [-0.39, 0.29) is 5.60 Å². The molecule has 0 aromatic rings. The largest absolute Gasteiger partial charge is 0.390 e. The van der Waals surface area contributed by atoms with Gasteiger partial charge in [0.25, 0.3) is 0 Å². The van der Waals surface area contributed by atoms with Crippen molar-refractivity contribution in [1.82, 2.24) is 0 Å². The molecule has 0 spiro atoms. The first kappa shape index (κ1) is 7.47. The first-order valence-electron chi connectivity index (χ1n) is 2.76. The highest BCUT2D eigenvalue weighted by Gasteiger charge is 2.14. The molecule has 2 nitrogen and oxygen atoms in total. The van der Waals surface area contributed by atoms with E-state index in [1.54, 1.807) is 0 Å². The average molecular weight is 115 g/mol. The van der Waals surface area contributed by atoms with Gasteiger partial charge in [0.2, 0.25) is 0 Å². The van der Waals surface area contributed by atoms with Gasteiger partial charge in [0, 0.05) is 6.72 Å². The molecule has 0 heterocycles. The van der Waals surface area contributed by atoms with Crippen molar-refractivity contribution >= 4 is 6.72 Å². The van der Waals surface area contributed by atoms with Crippen molar-refractivity contribution < 1.29 is 4.84 Å². The molecule has 0 radical (unpaired) electrons. The summed E-state index contributed by atoms with van der Waals surface area (Å²) < 4.78 is 0. The van der Waals surface area contributed by atoms with Gasteiger partial charge in [-0.1, -0.05) is 6.92 Å². The van der Waals surface area contributed by atoms with Gasteiger partial charge in [-0.15, -0.1) is 5.16 Å². The Labute approximate surface area is 50.5 Å². The normalized spacial score (nSPS) is 10.9. The number of rotatable bonds is 3. The Kier molecular flexibility index (Phi) is 2.52. The highest BCUT2D eigenvalue weighted by Crippen LogP contribution is 2.12. The van der Waals surface area contributed by atoms with Gasteiger partial charge in [-0.2, -0.15) is 0 Å². The van der Waals surface area contributed by atoms with Crippen molar-refractivity contribution in [3.63, 3.8) is 0 Å². The zero-order chi connectivity index (χ0) is 6.62. The van der Waals surface area contributed by atoms with Crippen molar-refractivity contribution in [2.24, 2.45) is 5.16 Å². The highest BCUT2D eigenvalue weighted by molar-refractivity contribution is 5.21. The molecule has 2 heteroatoms. The summed E-state index contributed by atoms with van der Waals surface area (Å²) in [5, 5.41) is 3.33. The third kappa shape index (κ3) is 2.61. The predicted molar refractivity (Wildman–Crippen MR) is 35.0 cm³/mol. The van der Waals surface area contributed by atoms with Gasteiger partial charge < -0.3 is 4.84 Å². The molecule has 0 amide bonds. The lowest BCUT2D eigenvalue weighted by Gasteiger charge is -2.18. The Morgan fingerprint density at radius 2 is 2.12 bits per heavy atom. The maximum Gasteiger partial charge on any atom is 0.131 e. The topological polar surface area (TPSA) is 21.6 Å². The average Bonchev–Trinajstić information content (AvgIpc) is 1.67. The molecule has 0 fully saturated rings. The van der Waals surface area contributed by atoms with Gasteiger partial charge in [-0.25, -0.2) is 0 Å². The van der Waals surface area contributed by atoms with Gasteiger partial charge in [0.1, 0.15) is 5.60 Å². The molecule has 0 aromatic carbocycles. The molecule has 0 saturated carbocycles. The van der Waals surface area contributed by atoms with Gasteiger partial charge in [-0.3, -0.25) is 0 Å². The minimum atomic E-state index is -0.137. The molecule has 0 aliphatic heterocycles. The molecular weight excluding hydrogens is 102 g/mol. The van der Waals surface area contributed by atoms with E-state index in [0.29, 0.717) is 0 Å². The standard InChI is InChI=1S/C6H13NO/c1-5-6(2,3)8-7-4/h4-5H2,1-3H3. The summed E-state index contributed by atoms with van der Waals surface area (Å²) in [6.07, 6.45) is 0.950. The van der Waals surface area contributed by atoms with E-state index in [2.05, 4.69) is 11.9 Å². The molecule has 0 bridgehead atoms. The van der Waals surface area contributed by atoms with Crippen molar-refractivity contribution in [3.8, 4) is 0 Å². The lowest BCUT2D eigenvalue weighted by atomic mass is 10.1. The summed E-state index contributed by atoms with van der Waals surface area (Å²) in [5.41, 5.74) is -0.137. The van der Waals surface area contributed by atoms with Crippen LogP contribution in [0.25, 0.3) is 0 Å². The molecule has 0 aromatic heterocycles. The lowest BCUT2D eigenvalue weighted by Crippen LogP contribution is -2.19. The molecule has 48 valence electrons. The summed E-state index contributed by atoms with van der Waals surface area (Å²) >= 11 is 0. The Morgan fingerprint density at radius 1 is 1.62 bits per heavy atom. The van der Waals surface area contributed by atoms with E-state index in [9.17, 15) is 0 Å². The second-order valence-corrected chi connectivity index (χ2v) is 2.33. The maximum absolute atomic E-state index is 4.89. The van der Waals surface area contributed by atoms with Crippen LogP contribution in [-0.2, 0) is 4.84 Å². The van der Waals surface area contributed by atoms with E-state index in [4.69, 9.17) is 4.84 Å². The Morgan fingerprint density at radius 3 is 2.25 bits per heavy atom. The lowest BCUT2D eigenvalue weighted by molar-refractivity contribution is -0.0151. The van der Waals surface area contributed by atoms with Crippen LogP contribution < -0.4 is 0 Å². The van der Waals surface area contributed by atoms with E-state index in [0.717, 1.165) is 6.42 Å². The molecule has 0 aliphatic carbocycles. The van der Waals surface area contributed by atoms with Crippen molar-refractivity contribution in [3.05, 3.63) is 0 Å². The third-order valence-electron chi connectivity index (χ3n) is 1.16. The summed E-state index contributed by atoms with van der Waals surface area (Å²) in [7, 11) is 0. The quantitative estimate of drug-likeness (QED) is 0.406. The summed E-state index contributed by atoms with van der Waals surface area (Å²) in [6.45, 7) is 9.22. The minimum absolute atomic E-state index is 0.137. The van der Waals surface area contributed by atoms with Crippen LogP contribution in [0.1, 0.15) is 27.2 Å². The number of oxime groups is 1. The summed E-state index contributed by atoms with van der Waals surface area (Å²) in [4.78, 5) is 4.89. The minimum Gasteiger partial charge on any atom is -0.390 e. The van der Waals surface area contributed by atoms with Crippen LogP contribution in [0.5, 0.6) is 0 Å². The van der Waals surface area contributed by atoms with Gasteiger partial charge in [0.15, 0.2) is 0 Å². The van der Waals surface area contributed by atoms with Crippen molar-refractivity contribution in [2.45, 2.75) is 32.8 Å². The molecule has 0 atom stereocenters. The second-order valence-electron chi connectivity index (χ2n) is 2.33. The molecule has 8 heavy (non-hydrogen) atoms. The SMILES string of the molecule is C=NOC(C)(C)CC. The highest BCUT2D eigenvalue weighted by atomic mass is 16.6. The van der Waals surface area contributed by atoms with Crippen molar-refractivity contribution in [2.75, 3.05) is 0 Å². The predicted octanol–water partition coefficient (Wildman–Crippen LogP) is 1.81. The zero-order valence-electron chi connectivity index (χ0n) is 5.77. The van der Waals surface area contributed by atoms with Crippen LogP contribution in [0, 0.1) is 0 Å². The molecular formula is C6H13NO. The van der Waals surface area contributed by atoms with E-state index >= 15 is 0 Å². The number of nitrogens with zero attached hydrogens (tertiary/aromatic N) is 1. The van der Waals surface area contributed by atoms with Gasteiger partial charge >= 0.3 is 0 Å². The molecule has 0 saturated heterocycles. The number of hydrogen-bond donors (Lipinski definition) is 0. The fourth-order valence-electron chi connectivity index (χ4n) is 0.239. The first-order valence-corrected chi connectivity index (χ1v) is 2.76. The molecule has 0 aliphatic rings. The summed E-state index contributed by atoms with van der Waals surface area (Å²) in [6, 6.07) is 0. The van der Waals surface area contributed by atoms with E-state index < -0.39 is 0 Å². The van der Waals surface area contributed by atoms with Crippen LogP contribution in [0.2, 0.25) is 0 Å². The first-order chi connectivity index (χ1) is 3.62. The van der Waals surface area contributed by atoms with Gasteiger partial charge in [-0.05, 0) is 20.3 Å². The van der Waals surface area contributed by atoms with E-state index in [1.165, 1.54) is 0 Å². The monoisotopic (exact) mass is 115 g/mol. The van der Waals surface area contributed by atoms with E-state index in [1.807, 2.05) is 20.8 Å². The summed E-state index contributed by atoms with van der Waals surface area (Å²) in [5.74, 6) is 0. The van der Waals surface area contributed by atoms with Crippen LogP contribution >= 0.6 is 0 Å². The number of hydrogen-bond acceptors (Lipinski definition) is 2. The third-order valence-corrected chi connectivity index (χ3v) is 1.16. The Hall–Kier alpha value is -0.530.